The highest BCUT2D eigenvalue weighted by molar-refractivity contribution is 5.40. The zero-order valence-electron chi connectivity index (χ0n) is 14.9. The number of hydrogen-bond donors (Lipinski definition) is 1. The van der Waals surface area contributed by atoms with Gasteiger partial charge >= 0.3 is 5.69 Å². The van der Waals surface area contributed by atoms with Gasteiger partial charge in [-0.2, -0.15) is 5.10 Å². The third-order valence-corrected chi connectivity index (χ3v) is 4.49. The Labute approximate surface area is 144 Å². The number of nitrogens with zero attached hydrogens (tertiary/aromatic N) is 4. The van der Waals surface area contributed by atoms with Gasteiger partial charge in [0.05, 0.1) is 12.2 Å². The second-order valence-corrected chi connectivity index (χ2v) is 7.62. The van der Waals surface area contributed by atoms with E-state index in [2.05, 4.69) is 30.9 Å². The molecule has 0 bridgehead atoms. The molecule has 0 amide bonds. The molecule has 0 spiro atoms. The molecule has 0 aromatic carbocycles. The smallest absolute Gasteiger partial charge is 0.329 e. The van der Waals surface area contributed by atoms with E-state index in [1.807, 2.05) is 4.90 Å². The van der Waals surface area contributed by atoms with E-state index < -0.39 is 5.69 Å². The van der Waals surface area contributed by atoms with Crippen LogP contribution >= 0.6 is 0 Å². The highest BCUT2D eigenvalue weighted by Crippen LogP contribution is 2.22. The number of aromatic nitrogens is 4. The van der Waals surface area contributed by atoms with Crippen molar-refractivity contribution in [1.29, 1.82) is 0 Å². The SMILES string of the molecule is Cn1c(=O)cc(N2CC(Cn3nc(C(C)(C)C)ccc3=O)C2)[nH]c1=O. The first-order valence-corrected chi connectivity index (χ1v) is 8.29. The third-order valence-electron chi connectivity index (χ3n) is 4.49. The van der Waals surface area contributed by atoms with Gasteiger partial charge in [0.1, 0.15) is 5.82 Å². The molecule has 1 aliphatic rings. The number of hydrogen-bond acceptors (Lipinski definition) is 5. The fourth-order valence-electron chi connectivity index (χ4n) is 2.82. The van der Waals surface area contributed by atoms with E-state index in [0.29, 0.717) is 25.5 Å². The van der Waals surface area contributed by atoms with Crippen LogP contribution in [-0.2, 0) is 19.0 Å². The minimum absolute atomic E-state index is 0.117. The van der Waals surface area contributed by atoms with Crippen LogP contribution in [-0.4, -0.2) is 32.4 Å². The van der Waals surface area contributed by atoms with Gasteiger partial charge in [-0.25, -0.2) is 9.48 Å². The quantitative estimate of drug-likeness (QED) is 0.849. The predicted molar refractivity (Wildman–Crippen MR) is 95.2 cm³/mol. The summed E-state index contributed by atoms with van der Waals surface area (Å²) in [6.07, 6.45) is 0. The van der Waals surface area contributed by atoms with E-state index in [0.717, 1.165) is 10.3 Å². The van der Waals surface area contributed by atoms with Crippen molar-refractivity contribution < 1.29 is 0 Å². The summed E-state index contributed by atoms with van der Waals surface area (Å²) in [4.78, 5) is 40.1. The Morgan fingerprint density at radius 2 is 1.84 bits per heavy atom. The maximum absolute atomic E-state index is 12.0. The van der Waals surface area contributed by atoms with Crippen LogP contribution < -0.4 is 21.7 Å². The average Bonchev–Trinajstić information content (AvgIpc) is 2.48. The van der Waals surface area contributed by atoms with Gasteiger partial charge in [-0.1, -0.05) is 20.8 Å². The summed E-state index contributed by atoms with van der Waals surface area (Å²) < 4.78 is 2.54. The molecule has 3 rings (SSSR count). The molecule has 1 fully saturated rings. The van der Waals surface area contributed by atoms with Gasteiger partial charge in [0.15, 0.2) is 0 Å². The van der Waals surface area contributed by atoms with Crippen molar-refractivity contribution >= 4 is 5.82 Å². The average molecular weight is 345 g/mol. The van der Waals surface area contributed by atoms with E-state index in [4.69, 9.17) is 0 Å². The van der Waals surface area contributed by atoms with Gasteiger partial charge in [0, 0.05) is 43.6 Å². The Morgan fingerprint density at radius 3 is 2.44 bits per heavy atom. The normalized spacial score (nSPS) is 15.3. The summed E-state index contributed by atoms with van der Waals surface area (Å²) in [6.45, 7) is 8.02. The molecule has 8 heteroatoms. The largest absolute Gasteiger partial charge is 0.357 e. The third kappa shape index (κ3) is 3.42. The Morgan fingerprint density at radius 1 is 1.16 bits per heavy atom. The van der Waals surface area contributed by atoms with E-state index in [-0.39, 0.29) is 22.5 Å². The fourth-order valence-corrected chi connectivity index (χ4v) is 2.82. The van der Waals surface area contributed by atoms with Crippen LogP contribution in [0.5, 0.6) is 0 Å². The van der Waals surface area contributed by atoms with Crippen molar-refractivity contribution in [2.75, 3.05) is 18.0 Å². The molecule has 3 heterocycles. The fraction of sp³-hybridized carbons (Fsp3) is 0.529. The monoisotopic (exact) mass is 345 g/mol. The first-order valence-electron chi connectivity index (χ1n) is 8.29. The van der Waals surface area contributed by atoms with Gasteiger partial charge in [-0.3, -0.25) is 19.1 Å². The second-order valence-electron chi connectivity index (χ2n) is 7.62. The maximum Gasteiger partial charge on any atom is 0.329 e. The van der Waals surface area contributed by atoms with Gasteiger partial charge in [-0.05, 0) is 6.07 Å². The van der Waals surface area contributed by atoms with Crippen LogP contribution in [0.3, 0.4) is 0 Å². The van der Waals surface area contributed by atoms with Crippen molar-refractivity contribution in [3.05, 3.63) is 55.1 Å². The molecular formula is C17H23N5O3. The molecular weight excluding hydrogens is 322 g/mol. The summed E-state index contributed by atoms with van der Waals surface area (Å²) in [7, 11) is 1.43. The summed E-state index contributed by atoms with van der Waals surface area (Å²) in [5.74, 6) is 0.765. The first-order chi connectivity index (χ1) is 11.6. The lowest BCUT2D eigenvalue weighted by Crippen LogP contribution is -2.51. The van der Waals surface area contributed by atoms with Crippen LogP contribution in [0.4, 0.5) is 5.82 Å². The second kappa shape index (κ2) is 6.02. The van der Waals surface area contributed by atoms with Crippen molar-refractivity contribution in [3.63, 3.8) is 0 Å². The lowest BCUT2D eigenvalue weighted by molar-refractivity contribution is 0.327. The Hall–Kier alpha value is -2.64. The topological polar surface area (TPSA) is 93.0 Å². The van der Waals surface area contributed by atoms with Crippen LogP contribution in [0.1, 0.15) is 26.5 Å². The molecule has 134 valence electrons. The number of rotatable bonds is 3. The standard InChI is InChI=1S/C17H23N5O3/c1-17(2,3)12-5-6-14(23)22(19-12)10-11-8-21(9-11)13-7-15(24)20(4)16(25)18-13/h5-7,11H,8-10H2,1-4H3,(H,18,25). The molecule has 2 aromatic heterocycles. The number of aromatic amines is 1. The molecule has 8 nitrogen and oxygen atoms in total. The highest BCUT2D eigenvalue weighted by atomic mass is 16.2. The van der Waals surface area contributed by atoms with Gasteiger partial charge in [0.2, 0.25) is 0 Å². The number of nitrogens with one attached hydrogen (secondary N) is 1. The molecule has 0 aliphatic carbocycles. The van der Waals surface area contributed by atoms with Gasteiger partial charge in [0.25, 0.3) is 11.1 Å². The minimum atomic E-state index is -0.429. The summed E-state index contributed by atoms with van der Waals surface area (Å²) >= 11 is 0. The van der Waals surface area contributed by atoms with Crippen molar-refractivity contribution in [3.8, 4) is 0 Å². The van der Waals surface area contributed by atoms with E-state index in [1.54, 1.807) is 12.1 Å². The van der Waals surface area contributed by atoms with E-state index in [9.17, 15) is 14.4 Å². The lowest BCUT2D eigenvalue weighted by Gasteiger charge is -2.40. The van der Waals surface area contributed by atoms with E-state index >= 15 is 0 Å². The highest BCUT2D eigenvalue weighted by Gasteiger charge is 2.29. The Bertz CT molecular complexity index is 926. The van der Waals surface area contributed by atoms with Crippen molar-refractivity contribution in [2.24, 2.45) is 13.0 Å². The maximum atomic E-state index is 12.0. The molecule has 1 saturated heterocycles. The molecule has 2 aromatic rings. The van der Waals surface area contributed by atoms with Gasteiger partial charge < -0.3 is 4.90 Å². The minimum Gasteiger partial charge on any atom is -0.357 e. The zero-order chi connectivity index (χ0) is 18.4. The summed E-state index contributed by atoms with van der Waals surface area (Å²) in [5, 5.41) is 4.48. The lowest BCUT2D eigenvalue weighted by atomic mass is 9.92. The van der Waals surface area contributed by atoms with Crippen molar-refractivity contribution in [2.45, 2.75) is 32.7 Å². The molecule has 1 aliphatic heterocycles. The molecule has 0 radical (unpaired) electrons. The van der Waals surface area contributed by atoms with E-state index in [1.165, 1.54) is 17.8 Å². The molecule has 0 saturated carbocycles. The molecule has 0 unspecified atom stereocenters. The first kappa shape index (κ1) is 17.2. The molecule has 25 heavy (non-hydrogen) atoms. The Balaban J connectivity index is 1.71. The Kier molecular flexibility index (Phi) is 4.14. The van der Waals surface area contributed by atoms with Gasteiger partial charge in [-0.15, -0.1) is 0 Å². The summed E-state index contributed by atoms with van der Waals surface area (Å²) in [5.41, 5.74) is -0.128. The van der Waals surface area contributed by atoms with Crippen LogP contribution in [0.15, 0.2) is 32.6 Å². The van der Waals surface area contributed by atoms with Crippen LogP contribution in [0.2, 0.25) is 0 Å². The summed E-state index contributed by atoms with van der Waals surface area (Å²) in [6, 6.07) is 4.75. The molecule has 0 atom stereocenters. The van der Waals surface area contributed by atoms with Crippen LogP contribution in [0, 0.1) is 5.92 Å². The van der Waals surface area contributed by atoms with Crippen molar-refractivity contribution in [1.82, 2.24) is 19.3 Å². The zero-order valence-corrected chi connectivity index (χ0v) is 14.9. The molecule has 1 N–H and O–H groups in total. The predicted octanol–water partition coefficient (Wildman–Crippen LogP) is 0.0642. The number of H-pyrrole nitrogens is 1. The van der Waals surface area contributed by atoms with Crippen LogP contribution in [0.25, 0.3) is 0 Å². The number of anilines is 1.